The van der Waals surface area contributed by atoms with Crippen LogP contribution < -0.4 is 0 Å². The average molecular weight is 953 g/mol. The lowest BCUT2D eigenvalue weighted by molar-refractivity contribution is -0.297. The van der Waals surface area contributed by atoms with E-state index in [1.807, 2.05) is 0 Å². The minimum atomic E-state index is -4.61. The molecule has 0 radical (unpaired) electrons. The zero-order valence-electron chi connectivity index (χ0n) is 41.0. The number of hydrogen-bond donors (Lipinski definition) is 4. The molecule has 6 unspecified atom stereocenters. The molecule has 1 fully saturated rings. The highest BCUT2D eigenvalue weighted by atomic mass is 32.2. The van der Waals surface area contributed by atoms with E-state index in [-0.39, 0.29) is 19.4 Å². The van der Waals surface area contributed by atoms with E-state index in [0.717, 1.165) is 57.8 Å². The summed E-state index contributed by atoms with van der Waals surface area (Å²) in [6, 6.07) is 0. The van der Waals surface area contributed by atoms with E-state index in [9.17, 15) is 37.9 Å². The molecule has 66 heavy (non-hydrogen) atoms. The molecule has 4 N–H and O–H groups in total. The third-order valence-corrected chi connectivity index (χ3v) is 12.3. The topological polar surface area (TPSA) is 186 Å². The van der Waals surface area contributed by atoms with Crippen molar-refractivity contribution in [3.8, 4) is 0 Å². The standard InChI is InChI=1S/C53H92O12S/c1-3-5-7-9-11-13-15-17-19-20-21-22-23-24-25-26-28-29-31-33-35-37-39-41-48(54)62-43-46(44-63-53-52(58)51(57)50(56)47(65-53)45-66(59,60)61)64-49(55)42-40-38-36-34-32-30-27-18-16-14-12-10-8-6-4-2/h6,8,12,14,18,20-21,27,32,34,46-47,50-53,56-58H,3-5,7,9-11,13,15-17,19,22-26,28-31,33,35-45H2,1-2H3,(H,59,60,61)/b8-6-,14-12-,21-20-,27-18-,34-32-. The lowest BCUT2D eigenvalue weighted by Crippen LogP contribution is -2.60. The van der Waals surface area contributed by atoms with Crippen LogP contribution in [0.1, 0.15) is 206 Å². The maximum Gasteiger partial charge on any atom is 0.306 e. The Bertz CT molecular complexity index is 1440. The molecule has 0 bridgehead atoms. The SMILES string of the molecule is CC/C=C\C/C=C\C/C=C\C/C=C\CCCCC(=O)OC(COC(=O)CCCCCCCCCCCCC/C=C\CCCCCCCCCC)COC1OC(CS(=O)(=O)O)C(O)C(O)C1O. The van der Waals surface area contributed by atoms with Crippen molar-refractivity contribution in [1.82, 2.24) is 0 Å². The van der Waals surface area contributed by atoms with Crippen LogP contribution >= 0.6 is 0 Å². The largest absolute Gasteiger partial charge is 0.462 e. The fourth-order valence-corrected chi connectivity index (χ4v) is 8.30. The quantitative estimate of drug-likeness (QED) is 0.0196. The van der Waals surface area contributed by atoms with Crippen molar-refractivity contribution in [2.45, 2.75) is 243 Å². The van der Waals surface area contributed by atoms with Gasteiger partial charge in [-0.3, -0.25) is 14.1 Å². The molecule has 6 atom stereocenters. The second-order valence-electron chi connectivity index (χ2n) is 17.8. The van der Waals surface area contributed by atoms with E-state index in [2.05, 4.69) is 74.6 Å². The predicted molar refractivity (Wildman–Crippen MR) is 265 cm³/mol. The van der Waals surface area contributed by atoms with Crippen LogP contribution in [-0.4, -0.2) is 96.0 Å². The van der Waals surface area contributed by atoms with Crippen molar-refractivity contribution in [1.29, 1.82) is 0 Å². The Hall–Kier alpha value is -2.65. The molecule has 0 aromatic heterocycles. The number of hydrogen-bond acceptors (Lipinski definition) is 11. The van der Waals surface area contributed by atoms with Crippen LogP contribution in [0.5, 0.6) is 0 Å². The fourth-order valence-electron chi connectivity index (χ4n) is 7.60. The monoisotopic (exact) mass is 953 g/mol. The zero-order valence-corrected chi connectivity index (χ0v) is 41.9. The minimum absolute atomic E-state index is 0.110. The third kappa shape index (κ3) is 36.4. The summed E-state index contributed by atoms with van der Waals surface area (Å²) in [6.45, 7) is 3.63. The van der Waals surface area contributed by atoms with Gasteiger partial charge in [0.2, 0.25) is 0 Å². The highest BCUT2D eigenvalue weighted by Gasteiger charge is 2.46. The molecular formula is C53H92O12S. The summed E-state index contributed by atoms with van der Waals surface area (Å²) in [7, 11) is -4.61. The summed E-state index contributed by atoms with van der Waals surface area (Å²) in [5, 5.41) is 31.0. The summed E-state index contributed by atoms with van der Waals surface area (Å²) < 4.78 is 54.2. The van der Waals surface area contributed by atoms with Gasteiger partial charge in [-0.1, -0.05) is 177 Å². The van der Waals surface area contributed by atoms with E-state index in [1.165, 1.54) is 109 Å². The number of ether oxygens (including phenoxy) is 4. The molecule has 382 valence electrons. The van der Waals surface area contributed by atoms with Crippen LogP contribution in [0.25, 0.3) is 0 Å². The van der Waals surface area contributed by atoms with Crippen molar-refractivity contribution in [3.05, 3.63) is 60.8 Å². The maximum atomic E-state index is 12.8. The Morgan fingerprint density at radius 3 is 1.47 bits per heavy atom. The third-order valence-electron chi connectivity index (χ3n) is 11.6. The highest BCUT2D eigenvalue weighted by Crippen LogP contribution is 2.24. The molecule has 13 heteroatoms. The first kappa shape index (κ1) is 61.4. The number of carbonyl (C=O) groups is 2. The molecule has 1 heterocycles. The van der Waals surface area contributed by atoms with Crippen LogP contribution in [0.2, 0.25) is 0 Å². The van der Waals surface area contributed by atoms with E-state index in [0.29, 0.717) is 12.8 Å². The van der Waals surface area contributed by atoms with Crippen molar-refractivity contribution < 1.29 is 56.8 Å². The molecule has 0 aliphatic carbocycles. The fraction of sp³-hybridized carbons (Fsp3) is 0.774. The van der Waals surface area contributed by atoms with Gasteiger partial charge < -0.3 is 34.3 Å². The second-order valence-corrected chi connectivity index (χ2v) is 19.3. The highest BCUT2D eigenvalue weighted by molar-refractivity contribution is 7.85. The molecule has 0 spiro atoms. The van der Waals surface area contributed by atoms with Gasteiger partial charge in [-0.25, -0.2) is 0 Å². The van der Waals surface area contributed by atoms with Gasteiger partial charge in [0, 0.05) is 12.8 Å². The molecule has 1 rings (SSSR count). The van der Waals surface area contributed by atoms with Crippen molar-refractivity contribution in [2.24, 2.45) is 0 Å². The molecule has 1 aliphatic rings. The molecular weight excluding hydrogens is 861 g/mol. The first-order chi connectivity index (χ1) is 32.0. The molecule has 1 saturated heterocycles. The summed E-state index contributed by atoms with van der Waals surface area (Å²) in [5.74, 6) is -2.04. The van der Waals surface area contributed by atoms with Crippen LogP contribution in [0, 0.1) is 0 Å². The van der Waals surface area contributed by atoms with E-state index < -0.39 is 71.2 Å². The number of allylic oxidation sites excluding steroid dienone is 10. The van der Waals surface area contributed by atoms with Crippen molar-refractivity contribution >= 4 is 22.1 Å². The first-order valence-corrected chi connectivity index (χ1v) is 27.5. The van der Waals surface area contributed by atoms with Crippen LogP contribution in [0.4, 0.5) is 0 Å². The summed E-state index contributed by atoms with van der Waals surface area (Å²) in [5.41, 5.74) is 0. The number of esters is 2. The lowest BCUT2D eigenvalue weighted by Gasteiger charge is -2.40. The Morgan fingerprint density at radius 2 is 0.955 bits per heavy atom. The smallest absolute Gasteiger partial charge is 0.306 e. The van der Waals surface area contributed by atoms with E-state index in [1.54, 1.807) is 0 Å². The molecule has 0 saturated carbocycles. The van der Waals surface area contributed by atoms with Crippen LogP contribution in [0.3, 0.4) is 0 Å². The molecule has 0 amide bonds. The number of aliphatic hydroxyl groups excluding tert-OH is 3. The van der Waals surface area contributed by atoms with Gasteiger partial charge in [-0.2, -0.15) is 8.42 Å². The van der Waals surface area contributed by atoms with Crippen LogP contribution in [-0.2, 0) is 38.7 Å². The summed E-state index contributed by atoms with van der Waals surface area (Å²) in [4.78, 5) is 25.5. The predicted octanol–water partition coefficient (Wildman–Crippen LogP) is 11.7. The second kappa shape index (κ2) is 42.5. The van der Waals surface area contributed by atoms with Gasteiger partial charge in [0.25, 0.3) is 10.1 Å². The molecule has 0 aromatic carbocycles. The van der Waals surface area contributed by atoms with E-state index >= 15 is 0 Å². The van der Waals surface area contributed by atoms with Gasteiger partial charge in [-0.15, -0.1) is 0 Å². The molecule has 1 aliphatic heterocycles. The first-order valence-electron chi connectivity index (χ1n) is 25.8. The van der Waals surface area contributed by atoms with Gasteiger partial charge >= 0.3 is 11.9 Å². The molecule has 0 aromatic rings. The van der Waals surface area contributed by atoms with Crippen molar-refractivity contribution in [2.75, 3.05) is 19.0 Å². The Morgan fingerprint density at radius 1 is 0.530 bits per heavy atom. The summed E-state index contributed by atoms with van der Waals surface area (Å²) >= 11 is 0. The van der Waals surface area contributed by atoms with Gasteiger partial charge in [0.05, 0.1) is 6.61 Å². The van der Waals surface area contributed by atoms with Crippen LogP contribution in [0.15, 0.2) is 60.8 Å². The Balaban J connectivity index is 2.36. The number of aliphatic hydroxyl groups is 3. The average Bonchev–Trinajstić information content (AvgIpc) is 3.28. The van der Waals surface area contributed by atoms with Gasteiger partial charge in [0.1, 0.15) is 36.8 Å². The summed E-state index contributed by atoms with van der Waals surface area (Å²) in [6.07, 6.45) is 44.2. The number of rotatable bonds is 43. The Kier molecular flexibility index (Phi) is 39.5. The van der Waals surface area contributed by atoms with Crippen molar-refractivity contribution in [3.63, 3.8) is 0 Å². The lowest BCUT2D eigenvalue weighted by atomic mass is 10.00. The number of unbranched alkanes of at least 4 members (excludes halogenated alkanes) is 21. The van der Waals surface area contributed by atoms with Gasteiger partial charge in [-0.05, 0) is 77.0 Å². The Labute approximate surface area is 400 Å². The zero-order chi connectivity index (χ0) is 48.4. The number of carbonyl (C=O) groups excluding carboxylic acids is 2. The normalized spacial score (nSPS) is 19.9. The van der Waals surface area contributed by atoms with Gasteiger partial charge in [0.15, 0.2) is 12.4 Å². The maximum absolute atomic E-state index is 12.8. The minimum Gasteiger partial charge on any atom is -0.462 e. The molecule has 12 nitrogen and oxygen atoms in total. The van der Waals surface area contributed by atoms with E-state index in [4.69, 9.17) is 18.9 Å².